The summed E-state index contributed by atoms with van der Waals surface area (Å²) in [5.74, 6) is 2.90. The number of pyridine rings is 2. The van der Waals surface area contributed by atoms with Crippen molar-refractivity contribution < 1.29 is 9.47 Å². The molecule has 2 aliphatic rings. The molecule has 2 aliphatic heterocycles. The predicted molar refractivity (Wildman–Crippen MR) is 189 cm³/mol. The molecule has 0 aliphatic carbocycles. The average molecular weight is 606 g/mol. The first kappa shape index (κ1) is 27.0. The minimum atomic E-state index is -0.168. The van der Waals surface area contributed by atoms with E-state index in [1.54, 1.807) is 0 Å². The maximum Gasteiger partial charge on any atom is 0.261 e. The number of nitrogens with zero attached hydrogens (tertiary/aromatic N) is 4. The number of benzene rings is 5. The van der Waals surface area contributed by atoms with Crippen LogP contribution in [0.1, 0.15) is 0 Å². The molecule has 5 aromatic carbocycles. The normalized spacial score (nSPS) is 12.1. The summed E-state index contributed by atoms with van der Waals surface area (Å²) in [4.78, 5) is 13.4. The molecular formula is C40H27BN4O2. The van der Waals surface area contributed by atoms with Crippen LogP contribution in [0.2, 0.25) is 0 Å². The Hall–Kier alpha value is -6.34. The van der Waals surface area contributed by atoms with Crippen molar-refractivity contribution in [1.29, 1.82) is 0 Å². The van der Waals surface area contributed by atoms with E-state index in [0.717, 1.165) is 73.5 Å². The van der Waals surface area contributed by atoms with Crippen LogP contribution < -0.4 is 35.7 Å². The fourth-order valence-electron chi connectivity index (χ4n) is 6.74. The molecule has 0 saturated heterocycles. The zero-order valence-electron chi connectivity index (χ0n) is 25.3. The molecule has 0 saturated carbocycles. The summed E-state index contributed by atoms with van der Waals surface area (Å²) < 4.78 is 13.8. The fraction of sp³-hybridized carbons (Fsp3) is 0. The van der Waals surface area contributed by atoms with Gasteiger partial charge in [0.1, 0.15) is 11.5 Å². The molecule has 9 rings (SSSR count). The van der Waals surface area contributed by atoms with Gasteiger partial charge in [-0.15, -0.1) is 0 Å². The third-order valence-corrected chi connectivity index (χ3v) is 8.73. The Labute approximate surface area is 273 Å². The van der Waals surface area contributed by atoms with E-state index < -0.39 is 0 Å². The van der Waals surface area contributed by atoms with Crippen LogP contribution >= 0.6 is 0 Å². The maximum atomic E-state index is 6.92. The van der Waals surface area contributed by atoms with Gasteiger partial charge in [0.2, 0.25) is 0 Å². The van der Waals surface area contributed by atoms with Gasteiger partial charge >= 0.3 is 0 Å². The van der Waals surface area contributed by atoms with Crippen molar-refractivity contribution >= 4 is 57.2 Å². The molecule has 0 radical (unpaired) electrons. The number of hydrogen-bond donors (Lipinski definition) is 0. The van der Waals surface area contributed by atoms with E-state index >= 15 is 0 Å². The highest BCUT2D eigenvalue weighted by atomic mass is 16.5. The van der Waals surface area contributed by atoms with Crippen molar-refractivity contribution in [2.45, 2.75) is 0 Å². The van der Waals surface area contributed by atoms with Crippen molar-refractivity contribution in [3.8, 4) is 23.0 Å². The molecule has 6 nitrogen and oxygen atoms in total. The van der Waals surface area contributed by atoms with E-state index in [1.165, 1.54) is 0 Å². The van der Waals surface area contributed by atoms with E-state index in [4.69, 9.17) is 9.47 Å². The molecule has 4 heterocycles. The Morgan fingerprint density at radius 2 is 0.809 bits per heavy atom. The first-order valence-corrected chi connectivity index (χ1v) is 15.6. The van der Waals surface area contributed by atoms with Gasteiger partial charge in [-0.05, 0) is 77.7 Å². The fourth-order valence-corrected chi connectivity index (χ4v) is 6.74. The quantitative estimate of drug-likeness (QED) is 0.178. The minimum Gasteiger partial charge on any atom is -0.454 e. The summed E-state index contributed by atoms with van der Waals surface area (Å²) >= 11 is 0. The van der Waals surface area contributed by atoms with Gasteiger partial charge in [0.05, 0.1) is 23.8 Å². The third kappa shape index (κ3) is 4.51. The van der Waals surface area contributed by atoms with Gasteiger partial charge < -0.3 is 19.3 Å². The highest BCUT2D eigenvalue weighted by Gasteiger charge is 2.44. The topological polar surface area (TPSA) is 50.7 Å². The molecule has 0 amide bonds. The molecule has 0 spiro atoms. The lowest BCUT2D eigenvalue weighted by Gasteiger charge is -2.39. The molecule has 7 heteroatoms. The summed E-state index contributed by atoms with van der Waals surface area (Å²) in [5.41, 5.74) is 8.81. The van der Waals surface area contributed by atoms with Crippen molar-refractivity contribution in [3.05, 3.63) is 164 Å². The molecule has 47 heavy (non-hydrogen) atoms. The Bertz CT molecular complexity index is 1980. The van der Waals surface area contributed by atoms with E-state index in [2.05, 4.69) is 123 Å². The van der Waals surface area contributed by atoms with Gasteiger partial charge in [0.25, 0.3) is 6.71 Å². The Balaban J connectivity index is 1.42. The molecule has 7 aromatic rings. The van der Waals surface area contributed by atoms with E-state index in [9.17, 15) is 0 Å². The molecule has 222 valence electrons. The highest BCUT2D eigenvalue weighted by Crippen LogP contribution is 2.51. The molecular weight excluding hydrogens is 579 g/mol. The van der Waals surface area contributed by atoms with Crippen LogP contribution in [-0.4, -0.2) is 16.7 Å². The van der Waals surface area contributed by atoms with Crippen molar-refractivity contribution in [1.82, 2.24) is 9.97 Å². The highest BCUT2D eigenvalue weighted by molar-refractivity contribution is 6.98. The summed E-state index contributed by atoms with van der Waals surface area (Å²) in [6.07, 6.45) is 7.27. The number of anilines is 6. The minimum absolute atomic E-state index is 0.168. The second kappa shape index (κ2) is 11.2. The molecule has 0 unspecified atom stereocenters. The van der Waals surface area contributed by atoms with E-state index in [-0.39, 0.29) is 6.71 Å². The molecule has 0 fully saturated rings. The van der Waals surface area contributed by atoms with Gasteiger partial charge in [0.15, 0.2) is 11.5 Å². The Kier molecular flexibility index (Phi) is 6.45. The zero-order valence-corrected chi connectivity index (χ0v) is 25.3. The third-order valence-electron chi connectivity index (χ3n) is 8.73. The molecule has 0 bridgehead atoms. The number of fused-ring (bicyclic) bond motifs is 4. The van der Waals surface area contributed by atoms with Gasteiger partial charge in [-0.25, -0.2) is 0 Å². The number of rotatable bonds is 6. The second-order valence-corrected chi connectivity index (χ2v) is 11.5. The summed E-state index contributed by atoms with van der Waals surface area (Å²) in [7, 11) is 0. The average Bonchev–Trinajstić information content (AvgIpc) is 3.15. The Morgan fingerprint density at radius 1 is 0.447 bits per heavy atom. The lowest BCUT2D eigenvalue weighted by atomic mass is 9.35. The molecule has 0 N–H and O–H groups in total. The predicted octanol–water partition coefficient (Wildman–Crippen LogP) is 8.14. The second-order valence-electron chi connectivity index (χ2n) is 11.5. The monoisotopic (exact) mass is 606 g/mol. The first-order valence-electron chi connectivity index (χ1n) is 15.6. The van der Waals surface area contributed by atoms with Crippen LogP contribution in [0.5, 0.6) is 23.0 Å². The van der Waals surface area contributed by atoms with Crippen LogP contribution in [0.4, 0.5) is 34.1 Å². The van der Waals surface area contributed by atoms with Gasteiger partial charge in [0, 0.05) is 40.6 Å². The number of aromatic nitrogens is 2. The van der Waals surface area contributed by atoms with Crippen molar-refractivity contribution in [2.75, 3.05) is 9.80 Å². The SMILES string of the molecule is c1ccc(N(c2ccccc2)c2cc(N(c3ccccc3)c3ccccc3)c3c4c2Oc2cnccc2B4c2ccncc2O3)cc1. The number of ether oxygens (including phenoxy) is 2. The number of para-hydroxylation sites is 4. The lowest BCUT2D eigenvalue weighted by molar-refractivity contribution is 0.463. The van der Waals surface area contributed by atoms with Crippen LogP contribution in [-0.2, 0) is 0 Å². The number of hydrogen-bond acceptors (Lipinski definition) is 6. The lowest BCUT2D eigenvalue weighted by Crippen LogP contribution is -2.57. The van der Waals surface area contributed by atoms with Crippen LogP contribution in [0.15, 0.2) is 164 Å². The zero-order chi connectivity index (χ0) is 31.2. The van der Waals surface area contributed by atoms with E-state index in [1.807, 2.05) is 61.2 Å². The Morgan fingerprint density at radius 3 is 1.17 bits per heavy atom. The molecule has 2 aromatic heterocycles. The van der Waals surface area contributed by atoms with Gasteiger partial charge in [-0.2, -0.15) is 0 Å². The van der Waals surface area contributed by atoms with Crippen molar-refractivity contribution in [2.24, 2.45) is 0 Å². The van der Waals surface area contributed by atoms with Crippen LogP contribution in [0.3, 0.4) is 0 Å². The smallest absolute Gasteiger partial charge is 0.261 e. The largest absolute Gasteiger partial charge is 0.454 e. The summed E-state index contributed by atoms with van der Waals surface area (Å²) in [5, 5.41) is 0. The van der Waals surface area contributed by atoms with Crippen LogP contribution in [0.25, 0.3) is 0 Å². The maximum absolute atomic E-state index is 6.92. The van der Waals surface area contributed by atoms with Gasteiger partial charge in [-0.1, -0.05) is 72.8 Å². The van der Waals surface area contributed by atoms with E-state index in [0.29, 0.717) is 0 Å². The first-order chi connectivity index (χ1) is 23.3. The van der Waals surface area contributed by atoms with Crippen molar-refractivity contribution in [3.63, 3.8) is 0 Å². The van der Waals surface area contributed by atoms with Crippen LogP contribution in [0, 0.1) is 0 Å². The summed E-state index contributed by atoms with van der Waals surface area (Å²) in [6, 6.07) is 47.9. The standard InChI is InChI=1S/C40H27BN4O2/c1-5-13-28(14-6-1)44(29-15-7-2-8-16-29)34-25-35(45(30-17-9-3-10-18-30)31-19-11-4-12-20-31)40-38-39(34)46-36-26-42-23-21-32(36)41(38)33-22-24-43-27-37(33)47-40/h1-27H. The summed E-state index contributed by atoms with van der Waals surface area (Å²) in [6.45, 7) is -0.168. The molecule has 0 atom stereocenters. The van der Waals surface area contributed by atoms with Gasteiger partial charge in [-0.3, -0.25) is 9.97 Å².